The van der Waals surface area contributed by atoms with E-state index in [2.05, 4.69) is 5.32 Å². The monoisotopic (exact) mass is 472 g/mol. The van der Waals surface area contributed by atoms with Gasteiger partial charge in [-0.1, -0.05) is 41.9 Å². The van der Waals surface area contributed by atoms with Gasteiger partial charge in [-0.3, -0.25) is 9.10 Å². The summed E-state index contributed by atoms with van der Waals surface area (Å²) >= 11 is 6.06. The van der Waals surface area contributed by atoms with Crippen molar-refractivity contribution < 1.29 is 17.9 Å². The van der Waals surface area contributed by atoms with Gasteiger partial charge in [0.05, 0.1) is 23.7 Å². The molecule has 3 aromatic carbocycles. The Labute approximate surface area is 193 Å². The Kier molecular flexibility index (Phi) is 7.43. The predicted molar refractivity (Wildman–Crippen MR) is 127 cm³/mol. The predicted octanol–water partition coefficient (Wildman–Crippen LogP) is 4.73. The van der Waals surface area contributed by atoms with Gasteiger partial charge in [-0.25, -0.2) is 8.42 Å². The molecular formula is C24H25ClN2O4S. The lowest BCUT2D eigenvalue weighted by molar-refractivity contribution is -0.120. The van der Waals surface area contributed by atoms with Gasteiger partial charge in [0.1, 0.15) is 12.3 Å². The van der Waals surface area contributed by atoms with Crippen LogP contribution < -0.4 is 14.4 Å². The lowest BCUT2D eigenvalue weighted by Gasteiger charge is -2.26. The minimum absolute atomic E-state index is 0.102. The van der Waals surface area contributed by atoms with Gasteiger partial charge in [0.2, 0.25) is 5.91 Å². The van der Waals surface area contributed by atoms with E-state index in [0.717, 1.165) is 9.87 Å². The van der Waals surface area contributed by atoms with Crippen molar-refractivity contribution in [2.45, 2.75) is 24.8 Å². The molecule has 0 unspecified atom stereocenters. The van der Waals surface area contributed by atoms with Crippen molar-refractivity contribution in [3.05, 3.63) is 88.9 Å². The summed E-state index contributed by atoms with van der Waals surface area (Å²) in [5, 5.41) is 3.36. The number of anilines is 1. The number of carbonyl (C=O) groups excluding carboxylic acids is 1. The lowest BCUT2D eigenvalue weighted by Crippen LogP contribution is -2.41. The van der Waals surface area contributed by atoms with E-state index in [-0.39, 0.29) is 17.5 Å². The highest BCUT2D eigenvalue weighted by molar-refractivity contribution is 7.92. The third-order valence-electron chi connectivity index (χ3n) is 5.04. The highest BCUT2D eigenvalue weighted by Gasteiger charge is 2.28. The normalized spacial score (nSPS) is 12.1. The minimum atomic E-state index is -3.98. The molecule has 0 aliphatic heterocycles. The molecule has 0 heterocycles. The molecule has 1 atom stereocenters. The maximum atomic E-state index is 13.4. The number of rotatable bonds is 8. The van der Waals surface area contributed by atoms with Crippen molar-refractivity contribution in [1.82, 2.24) is 5.32 Å². The lowest BCUT2D eigenvalue weighted by atomic mass is 10.1. The van der Waals surface area contributed by atoms with Crippen LogP contribution in [0, 0.1) is 6.92 Å². The van der Waals surface area contributed by atoms with E-state index in [1.165, 1.54) is 12.1 Å². The molecule has 0 fully saturated rings. The topological polar surface area (TPSA) is 75.7 Å². The van der Waals surface area contributed by atoms with Crippen molar-refractivity contribution in [2.24, 2.45) is 0 Å². The first kappa shape index (κ1) is 23.6. The Morgan fingerprint density at radius 2 is 1.72 bits per heavy atom. The summed E-state index contributed by atoms with van der Waals surface area (Å²) in [6, 6.07) is 19.9. The number of methoxy groups -OCH3 is 1. The second-order valence-corrected chi connectivity index (χ2v) is 9.62. The van der Waals surface area contributed by atoms with Crippen LogP contribution in [0.4, 0.5) is 5.69 Å². The van der Waals surface area contributed by atoms with Crippen LogP contribution in [0.25, 0.3) is 0 Å². The maximum absolute atomic E-state index is 13.4. The number of aryl methyl sites for hydroxylation is 1. The van der Waals surface area contributed by atoms with Crippen LogP contribution in [0.5, 0.6) is 5.75 Å². The molecule has 0 saturated carbocycles. The van der Waals surface area contributed by atoms with E-state index in [4.69, 9.17) is 16.3 Å². The first-order valence-electron chi connectivity index (χ1n) is 9.99. The van der Waals surface area contributed by atoms with Gasteiger partial charge in [0.15, 0.2) is 0 Å². The zero-order valence-electron chi connectivity index (χ0n) is 18.1. The summed E-state index contributed by atoms with van der Waals surface area (Å²) in [6.07, 6.45) is 0. The molecule has 1 amide bonds. The zero-order valence-corrected chi connectivity index (χ0v) is 19.7. The number of ether oxygens (including phenoxy) is 1. The number of halogens is 1. The molecule has 3 rings (SSSR count). The maximum Gasteiger partial charge on any atom is 0.264 e. The molecule has 0 aromatic heterocycles. The number of nitrogens with zero attached hydrogens (tertiary/aromatic N) is 1. The van der Waals surface area contributed by atoms with Gasteiger partial charge in [-0.2, -0.15) is 0 Å². The number of amides is 1. The van der Waals surface area contributed by atoms with E-state index >= 15 is 0 Å². The molecule has 6 nitrogen and oxygen atoms in total. The number of nitrogens with one attached hydrogen (secondary N) is 1. The highest BCUT2D eigenvalue weighted by atomic mass is 35.5. The van der Waals surface area contributed by atoms with Crippen molar-refractivity contribution in [3.63, 3.8) is 0 Å². The Balaban J connectivity index is 1.89. The van der Waals surface area contributed by atoms with Crippen molar-refractivity contribution in [3.8, 4) is 5.75 Å². The average molecular weight is 473 g/mol. The van der Waals surface area contributed by atoms with Gasteiger partial charge in [0.25, 0.3) is 10.0 Å². The first-order valence-corrected chi connectivity index (χ1v) is 11.8. The molecule has 3 aromatic rings. The van der Waals surface area contributed by atoms with Crippen molar-refractivity contribution in [1.29, 1.82) is 0 Å². The Bertz CT molecular complexity index is 1180. The standard InChI is InChI=1S/C24H25ClN2O4S/c1-17-15-20(25)11-14-23(17)27(32(29,30)22-7-5-4-6-8-22)16-24(28)26-18(2)19-9-12-21(31-3)13-10-19/h4-15,18H,16H2,1-3H3,(H,26,28)/t18-/m0/s1. The van der Waals surface area contributed by atoms with Crippen LogP contribution in [-0.2, 0) is 14.8 Å². The van der Waals surface area contributed by atoms with Gasteiger partial charge in [0, 0.05) is 5.02 Å². The van der Waals surface area contributed by atoms with Crippen LogP contribution >= 0.6 is 11.6 Å². The summed E-state index contributed by atoms with van der Waals surface area (Å²) in [4.78, 5) is 13.0. The number of hydrogen-bond acceptors (Lipinski definition) is 4. The van der Waals surface area contributed by atoms with Gasteiger partial charge >= 0.3 is 0 Å². The van der Waals surface area contributed by atoms with Gasteiger partial charge in [-0.15, -0.1) is 0 Å². The van der Waals surface area contributed by atoms with Gasteiger partial charge in [-0.05, 0) is 67.4 Å². The van der Waals surface area contributed by atoms with Gasteiger partial charge < -0.3 is 10.1 Å². The molecule has 168 valence electrons. The third kappa shape index (κ3) is 5.41. The smallest absolute Gasteiger partial charge is 0.264 e. The summed E-state index contributed by atoms with van der Waals surface area (Å²) in [6.45, 7) is 3.22. The average Bonchev–Trinajstić information content (AvgIpc) is 2.78. The Hall–Kier alpha value is -3.03. The van der Waals surface area contributed by atoms with E-state index in [0.29, 0.717) is 22.0 Å². The Morgan fingerprint density at radius 1 is 1.06 bits per heavy atom. The van der Waals surface area contributed by atoms with Crippen LogP contribution in [-0.4, -0.2) is 28.0 Å². The van der Waals surface area contributed by atoms with Crippen LogP contribution in [0.2, 0.25) is 5.02 Å². The molecular weight excluding hydrogens is 448 g/mol. The minimum Gasteiger partial charge on any atom is -0.497 e. The van der Waals surface area contributed by atoms with Crippen molar-refractivity contribution >= 4 is 33.2 Å². The van der Waals surface area contributed by atoms with E-state index in [1.54, 1.807) is 62.6 Å². The number of hydrogen-bond donors (Lipinski definition) is 1. The van der Waals surface area contributed by atoms with Crippen LogP contribution in [0.1, 0.15) is 24.1 Å². The second-order valence-electron chi connectivity index (χ2n) is 7.32. The second kappa shape index (κ2) is 10.1. The molecule has 0 saturated heterocycles. The quantitative estimate of drug-likeness (QED) is 0.514. The van der Waals surface area contributed by atoms with E-state index in [9.17, 15) is 13.2 Å². The fourth-order valence-corrected chi connectivity index (χ4v) is 5.04. The fourth-order valence-electron chi connectivity index (χ4n) is 3.31. The largest absolute Gasteiger partial charge is 0.497 e. The molecule has 0 aliphatic rings. The SMILES string of the molecule is COc1ccc([C@H](C)NC(=O)CN(c2ccc(Cl)cc2C)S(=O)(=O)c2ccccc2)cc1. The van der Waals surface area contributed by atoms with Crippen LogP contribution in [0.3, 0.4) is 0 Å². The molecule has 0 spiro atoms. The molecule has 0 radical (unpaired) electrons. The number of carbonyl (C=O) groups is 1. The van der Waals surface area contributed by atoms with E-state index < -0.39 is 15.9 Å². The molecule has 1 N–H and O–H groups in total. The summed E-state index contributed by atoms with van der Waals surface area (Å²) in [5.74, 6) is 0.285. The van der Waals surface area contributed by atoms with Crippen molar-refractivity contribution in [2.75, 3.05) is 18.0 Å². The first-order chi connectivity index (χ1) is 15.2. The fraction of sp³-hybridized carbons (Fsp3) is 0.208. The molecule has 32 heavy (non-hydrogen) atoms. The zero-order chi connectivity index (χ0) is 23.3. The van der Waals surface area contributed by atoms with Crippen LogP contribution in [0.15, 0.2) is 77.7 Å². The summed E-state index contributed by atoms with van der Waals surface area (Å²) < 4.78 is 33.1. The molecule has 8 heteroatoms. The Morgan fingerprint density at radius 3 is 2.31 bits per heavy atom. The summed E-state index contributed by atoms with van der Waals surface area (Å²) in [5.41, 5.74) is 1.91. The number of benzene rings is 3. The highest BCUT2D eigenvalue weighted by Crippen LogP contribution is 2.29. The third-order valence-corrected chi connectivity index (χ3v) is 7.05. The molecule has 0 aliphatic carbocycles. The summed E-state index contributed by atoms with van der Waals surface area (Å²) in [7, 11) is -2.40. The molecule has 0 bridgehead atoms. The number of sulfonamides is 1. The van der Waals surface area contributed by atoms with E-state index in [1.807, 2.05) is 19.1 Å².